The van der Waals surface area contributed by atoms with Gasteiger partial charge in [-0.15, -0.1) is 0 Å². The fraction of sp³-hybridized carbons (Fsp3) is 1.00. The highest BCUT2D eigenvalue weighted by Crippen LogP contribution is 2.27. The number of unbranched alkanes of at least 4 members (excludes halogenated alkanes) is 9. The zero-order valence-electron chi connectivity index (χ0n) is 20.4. The Morgan fingerprint density at radius 1 is 0.464 bits per heavy atom. The largest absolute Gasteiger partial charge is 0.294 e. The van der Waals surface area contributed by atoms with Gasteiger partial charge in [0.1, 0.15) is 7.85 Å². The Balaban J connectivity index is 5.42. The van der Waals surface area contributed by atoms with Crippen LogP contribution in [-0.2, 0) is 0 Å². The Kier molecular flexibility index (Phi) is 19.0. The minimum atomic E-state index is -0.251. The van der Waals surface area contributed by atoms with Crippen LogP contribution in [0.3, 0.4) is 0 Å². The molecule has 0 aliphatic heterocycles. The second-order valence-corrected chi connectivity index (χ2v) is 8.78. The molecule has 2 radical (unpaired) electrons. The lowest BCUT2D eigenvalue weighted by Gasteiger charge is -2.51. The maximum absolute atomic E-state index is 7.35. The molecule has 0 bridgehead atoms. The predicted octanol–water partition coefficient (Wildman–Crippen LogP) is 7.36. The van der Waals surface area contributed by atoms with Crippen molar-refractivity contribution in [2.75, 3.05) is 26.2 Å². The predicted molar refractivity (Wildman–Crippen MR) is 129 cm³/mol. The van der Waals surface area contributed by atoms with E-state index >= 15 is 0 Å². The first-order valence-electron chi connectivity index (χ1n) is 12.9. The molecule has 0 atom stereocenters. The zero-order valence-corrected chi connectivity index (χ0v) is 20.4. The lowest BCUT2D eigenvalue weighted by molar-refractivity contribution is -0.00740. The van der Waals surface area contributed by atoms with Crippen molar-refractivity contribution in [3.63, 3.8) is 0 Å². The third-order valence-corrected chi connectivity index (χ3v) is 6.12. The molecule has 2 nitrogen and oxygen atoms in total. The summed E-state index contributed by atoms with van der Waals surface area (Å²) in [5.41, 5.74) is -0.251. The van der Waals surface area contributed by atoms with Crippen LogP contribution in [0, 0.1) is 0 Å². The maximum Gasteiger partial charge on any atom is 0.118 e. The molecule has 0 aromatic carbocycles. The first kappa shape index (κ1) is 28.0. The van der Waals surface area contributed by atoms with Gasteiger partial charge in [-0.1, -0.05) is 98.8 Å². The molecule has 0 aromatic rings. The van der Waals surface area contributed by atoms with Crippen LogP contribution in [0.25, 0.3) is 0 Å². The lowest BCUT2D eigenvalue weighted by atomic mass is 9.77. The van der Waals surface area contributed by atoms with Crippen molar-refractivity contribution in [3.8, 4) is 0 Å². The maximum atomic E-state index is 7.35. The van der Waals surface area contributed by atoms with E-state index in [1.165, 1.54) is 89.9 Å². The topological polar surface area (TPSA) is 6.48 Å². The van der Waals surface area contributed by atoms with Gasteiger partial charge >= 0.3 is 0 Å². The van der Waals surface area contributed by atoms with E-state index in [9.17, 15) is 0 Å². The smallest absolute Gasteiger partial charge is 0.118 e. The van der Waals surface area contributed by atoms with Gasteiger partial charge in [-0.05, 0) is 58.3 Å². The van der Waals surface area contributed by atoms with Crippen LogP contribution >= 0.6 is 0 Å². The van der Waals surface area contributed by atoms with E-state index in [1.807, 2.05) is 0 Å². The highest BCUT2D eigenvalue weighted by molar-refractivity contribution is 6.14. The van der Waals surface area contributed by atoms with Gasteiger partial charge in [-0.2, -0.15) is 0 Å². The summed E-state index contributed by atoms with van der Waals surface area (Å²) in [5.74, 6) is 0. The lowest BCUT2D eigenvalue weighted by Crippen LogP contribution is -2.62. The van der Waals surface area contributed by atoms with Gasteiger partial charge in [0.2, 0.25) is 0 Å². The van der Waals surface area contributed by atoms with Gasteiger partial charge in [0, 0.05) is 5.56 Å². The molecule has 0 aromatic heterocycles. The van der Waals surface area contributed by atoms with Gasteiger partial charge < -0.3 is 0 Å². The number of rotatable bonds is 21. The third kappa shape index (κ3) is 11.9. The van der Waals surface area contributed by atoms with Crippen LogP contribution < -0.4 is 0 Å². The molecule has 0 amide bonds. The molecule has 166 valence electrons. The molecule has 28 heavy (non-hydrogen) atoms. The van der Waals surface area contributed by atoms with E-state index in [1.54, 1.807) is 0 Å². The summed E-state index contributed by atoms with van der Waals surface area (Å²) in [6.45, 7) is 16.2. The van der Waals surface area contributed by atoms with Crippen LogP contribution in [0.4, 0.5) is 0 Å². The summed E-state index contributed by atoms with van der Waals surface area (Å²) in [4.78, 5) is 5.37. The summed E-state index contributed by atoms with van der Waals surface area (Å²) in [6.07, 6.45) is 19.1. The minimum absolute atomic E-state index is 0.251. The van der Waals surface area contributed by atoms with E-state index in [2.05, 4.69) is 44.4 Å². The average Bonchev–Trinajstić information content (AvgIpc) is 2.70. The van der Waals surface area contributed by atoms with E-state index in [0.29, 0.717) is 0 Å². The summed E-state index contributed by atoms with van der Waals surface area (Å²) in [5, 5.41) is 0. The van der Waals surface area contributed by atoms with Crippen molar-refractivity contribution in [1.29, 1.82) is 0 Å². The van der Waals surface area contributed by atoms with Gasteiger partial charge in [0.15, 0.2) is 0 Å². The minimum Gasteiger partial charge on any atom is -0.294 e. The number of hydrogen-bond acceptors (Lipinski definition) is 2. The van der Waals surface area contributed by atoms with Crippen molar-refractivity contribution in [2.24, 2.45) is 0 Å². The Bertz CT molecular complexity index is 278. The highest BCUT2D eigenvalue weighted by Gasteiger charge is 2.35. The monoisotopic (exact) mass is 392 g/mol. The fourth-order valence-electron chi connectivity index (χ4n) is 4.16. The van der Waals surface area contributed by atoms with Crippen LogP contribution in [0.1, 0.15) is 131 Å². The summed E-state index contributed by atoms with van der Waals surface area (Å²) < 4.78 is 0. The van der Waals surface area contributed by atoms with Crippen LogP contribution in [0.2, 0.25) is 0 Å². The molecule has 0 spiro atoms. The van der Waals surface area contributed by atoms with Crippen molar-refractivity contribution in [1.82, 2.24) is 9.80 Å². The molecule has 0 rings (SSSR count). The van der Waals surface area contributed by atoms with Gasteiger partial charge in [0.25, 0.3) is 0 Å². The van der Waals surface area contributed by atoms with E-state index < -0.39 is 0 Å². The molecule has 0 unspecified atom stereocenters. The first-order valence-corrected chi connectivity index (χ1v) is 12.9. The van der Waals surface area contributed by atoms with Crippen LogP contribution in [0.15, 0.2) is 0 Å². The van der Waals surface area contributed by atoms with Gasteiger partial charge in [0.05, 0.1) is 0 Å². The number of hydrogen-bond donors (Lipinski definition) is 0. The Labute approximate surface area is 180 Å². The standard InChI is InChI=1S/C25H53BN2/c1-6-11-16-21-27(22-17-12-7-2)25(26,20-15-10-5)28(23-18-13-8-3)24-19-14-9-4/h6-24H2,1-5H3. The molecular formula is C25H53BN2. The zero-order chi connectivity index (χ0) is 21.1. The molecular weight excluding hydrogens is 339 g/mol. The Morgan fingerprint density at radius 2 is 0.750 bits per heavy atom. The second kappa shape index (κ2) is 19.0. The molecule has 0 N–H and O–H groups in total. The SMILES string of the molecule is [B]C(CCCC)(N(CCCCC)CCCCC)N(CCCCC)CCCCC. The van der Waals surface area contributed by atoms with E-state index in [-0.39, 0.29) is 5.56 Å². The van der Waals surface area contributed by atoms with Crippen LogP contribution in [-0.4, -0.2) is 49.4 Å². The van der Waals surface area contributed by atoms with Crippen molar-refractivity contribution < 1.29 is 0 Å². The van der Waals surface area contributed by atoms with Crippen LogP contribution in [0.5, 0.6) is 0 Å². The third-order valence-electron chi connectivity index (χ3n) is 6.12. The average molecular weight is 393 g/mol. The molecule has 0 aliphatic rings. The molecule has 0 fully saturated rings. The second-order valence-electron chi connectivity index (χ2n) is 8.78. The molecule has 0 saturated heterocycles. The Hall–Kier alpha value is -0.0151. The van der Waals surface area contributed by atoms with Crippen molar-refractivity contribution >= 4 is 7.85 Å². The van der Waals surface area contributed by atoms with E-state index in [0.717, 1.165) is 32.6 Å². The van der Waals surface area contributed by atoms with Gasteiger partial charge in [-0.25, -0.2) is 0 Å². The highest BCUT2D eigenvalue weighted by atomic mass is 15.4. The van der Waals surface area contributed by atoms with Crippen molar-refractivity contribution in [2.45, 2.75) is 136 Å². The normalized spacial score (nSPS) is 12.4. The van der Waals surface area contributed by atoms with Crippen molar-refractivity contribution in [3.05, 3.63) is 0 Å². The molecule has 0 saturated carbocycles. The molecule has 0 heterocycles. The Morgan fingerprint density at radius 3 is 1.00 bits per heavy atom. The fourth-order valence-corrected chi connectivity index (χ4v) is 4.16. The first-order chi connectivity index (χ1) is 13.6. The summed E-state index contributed by atoms with van der Waals surface area (Å²) >= 11 is 0. The van der Waals surface area contributed by atoms with E-state index in [4.69, 9.17) is 7.85 Å². The summed E-state index contributed by atoms with van der Waals surface area (Å²) in [7, 11) is 7.35. The molecule has 0 aliphatic carbocycles. The number of nitrogens with zero attached hydrogens (tertiary/aromatic N) is 2. The summed E-state index contributed by atoms with van der Waals surface area (Å²) in [6, 6.07) is 0. The molecule has 3 heteroatoms. The quantitative estimate of drug-likeness (QED) is 0.114. The van der Waals surface area contributed by atoms with Gasteiger partial charge in [-0.3, -0.25) is 9.80 Å².